The number of amides is 1. The summed E-state index contributed by atoms with van der Waals surface area (Å²) in [5.41, 5.74) is -1.22. The van der Waals surface area contributed by atoms with Crippen molar-refractivity contribution >= 4 is 34.3 Å². The van der Waals surface area contributed by atoms with Gasteiger partial charge >= 0.3 is 6.18 Å². The van der Waals surface area contributed by atoms with Crippen LogP contribution < -0.4 is 5.01 Å². The van der Waals surface area contributed by atoms with Gasteiger partial charge in [-0.05, 0) is 45.8 Å². The number of carbonyl (C=O) groups excluding carboxylic acids is 1. The Morgan fingerprint density at radius 3 is 2.14 bits per heavy atom. The molecule has 196 valence electrons. The summed E-state index contributed by atoms with van der Waals surface area (Å²) in [6.45, 7) is 9.18. The van der Waals surface area contributed by atoms with E-state index in [4.69, 9.17) is 0 Å². The second-order valence-electron chi connectivity index (χ2n) is 8.94. The largest absolute Gasteiger partial charge is 0.422 e. The Labute approximate surface area is 207 Å². The van der Waals surface area contributed by atoms with Crippen LogP contribution >= 0.6 is 0 Å². The number of anilines is 1. The fourth-order valence-electron chi connectivity index (χ4n) is 4.64. The first-order valence-electron chi connectivity index (χ1n) is 11.4. The Morgan fingerprint density at radius 1 is 1.00 bits per heavy atom. The van der Waals surface area contributed by atoms with E-state index in [-0.39, 0.29) is 22.3 Å². The van der Waals surface area contributed by atoms with Crippen LogP contribution in [0.25, 0.3) is 17.0 Å². The molecule has 1 aliphatic rings. The fraction of sp³-hybridized carbons (Fsp3) is 0.308. The van der Waals surface area contributed by atoms with Crippen LogP contribution in [-0.4, -0.2) is 16.2 Å². The van der Waals surface area contributed by atoms with Crippen molar-refractivity contribution < 1.29 is 35.5 Å². The molecule has 0 N–H and O–H groups in total. The van der Waals surface area contributed by atoms with Gasteiger partial charge < -0.3 is 4.57 Å². The molecule has 2 heterocycles. The van der Waals surface area contributed by atoms with Crippen molar-refractivity contribution in [2.45, 2.75) is 53.3 Å². The predicted octanol–water partition coefficient (Wildman–Crippen LogP) is 7.61. The normalized spacial score (nSPS) is 16.3. The molecule has 0 saturated carbocycles. The summed E-state index contributed by atoms with van der Waals surface area (Å²) < 4.78 is 98.6. The Balaban J connectivity index is 1.89. The highest BCUT2D eigenvalue weighted by molar-refractivity contribution is 6.32. The summed E-state index contributed by atoms with van der Waals surface area (Å²) in [7, 11) is 0. The molecule has 0 fully saturated rings. The molecule has 0 unspecified atom stereocenters. The van der Waals surface area contributed by atoms with Gasteiger partial charge in [0.1, 0.15) is 11.3 Å². The molecule has 4 nitrogen and oxygen atoms in total. The standard InChI is InChI=1S/C26H22F7N3O/c1-6-12(3)35-14(5)17(15-9-7-8-11(2)23(15)35)10-16-13(4)34-36(25(16)37)24-21(29)19(27)18(26(31,32)33)20(28)22(24)30/h7-10,12H,6H2,1-5H3/b16-10+/t12-/m1/s1. The molecule has 0 spiro atoms. The lowest BCUT2D eigenvalue weighted by Gasteiger charge is -2.18. The Hall–Kier alpha value is -3.63. The van der Waals surface area contributed by atoms with Crippen molar-refractivity contribution in [1.29, 1.82) is 0 Å². The number of fused-ring (bicyclic) bond motifs is 1. The first-order chi connectivity index (χ1) is 17.2. The van der Waals surface area contributed by atoms with Gasteiger partial charge in [0.05, 0.1) is 16.8 Å². The minimum atomic E-state index is -5.70. The Kier molecular flexibility index (Phi) is 6.46. The van der Waals surface area contributed by atoms with Gasteiger partial charge in [-0.3, -0.25) is 4.79 Å². The number of alkyl halides is 3. The monoisotopic (exact) mass is 525 g/mol. The Morgan fingerprint density at radius 2 is 1.59 bits per heavy atom. The fourth-order valence-corrected chi connectivity index (χ4v) is 4.64. The minimum Gasteiger partial charge on any atom is -0.341 e. The van der Waals surface area contributed by atoms with Crippen LogP contribution in [0.2, 0.25) is 0 Å². The molecular formula is C26H22F7N3O. The first-order valence-corrected chi connectivity index (χ1v) is 11.4. The summed E-state index contributed by atoms with van der Waals surface area (Å²) >= 11 is 0. The van der Waals surface area contributed by atoms with Crippen LogP contribution in [0.4, 0.5) is 36.4 Å². The maximum absolute atomic E-state index is 14.6. The van der Waals surface area contributed by atoms with Crippen molar-refractivity contribution in [3.8, 4) is 0 Å². The van der Waals surface area contributed by atoms with E-state index in [2.05, 4.69) is 9.67 Å². The zero-order chi connectivity index (χ0) is 27.6. The van der Waals surface area contributed by atoms with E-state index >= 15 is 0 Å². The van der Waals surface area contributed by atoms with E-state index in [1.165, 1.54) is 13.0 Å². The second-order valence-corrected chi connectivity index (χ2v) is 8.94. The summed E-state index contributed by atoms with van der Waals surface area (Å²) in [6.07, 6.45) is -3.43. The molecule has 0 aliphatic carbocycles. The quantitative estimate of drug-likeness (QED) is 0.196. The van der Waals surface area contributed by atoms with Gasteiger partial charge in [0.25, 0.3) is 5.91 Å². The molecule has 1 aromatic heterocycles. The maximum atomic E-state index is 14.6. The van der Waals surface area contributed by atoms with Gasteiger partial charge in [0.2, 0.25) is 0 Å². The summed E-state index contributed by atoms with van der Waals surface area (Å²) in [6, 6.07) is 5.72. The maximum Gasteiger partial charge on any atom is 0.422 e. The van der Waals surface area contributed by atoms with Crippen LogP contribution in [0.1, 0.15) is 55.6 Å². The number of aromatic nitrogens is 1. The topological polar surface area (TPSA) is 37.6 Å². The van der Waals surface area contributed by atoms with Gasteiger partial charge in [0, 0.05) is 22.7 Å². The zero-order valence-electron chi connectivity index (χ0n) is 20.5. The van der Waals surface area contributed by atoms with Gasteiger partial charge in [-0.2, -0.15) is 23.3 Å². The van der Waals surface area contributed by atoms with Crippen molar-refractivity contribution in [1.82, 2.24) is 4.57 Å². The molecule has 1 aliphatic heterocycles. The summed E-state index contributed by atoms with van der Waals surface area (Å²) in [5.74, 6) is -11.2. The molecular weight excluding hydrogens is 503 g/mol. The highest BCUT2D eigenvalue weighted by Gasteiger charge is 2.45. The molecule has 1 amide bonds. The lowest BCUT2D eigenvalue weighted by Crippen LogP contribution is -2.26. The molecule has 2 aromatic carbocycles. The van der Waals surface area contributed by atoms with Crippen LogP contribution in [0, 0.1) is 37.1 Å². The van der Waals surface area contributed by atoms with Crippen LogP contribution in [-0.2, 0) is 11.0 Å². The van der Waals surface area contributed by atoms with E-state index in [0.29, 0.717) is 5.56 Å². The zero-order valence-corrected chi connectivity index (χ0v) is 20.5. The lowest BCUT2D eigenvalue weighted by molar-refractivity contribution is -0.143. The Bertz CT molecular complexity index is 1490. The number of para-hydroxylation sites is 1. The lowest BCUT2D eigenvalue weighted by atomic mass is 10.0. The second kappa shape index (κ2) is 9.04. The van der Waals surface area contributed by atoms with E-state index in [1.54, 1.807) is 0 Å². The van der Waals surface area contributed by atoms with Crippen molar-refractivity contribution in [3.05, 3.63) is 69.4 Å². The summed E-state index contributed by atoms with van der Waals surface area (Å²) in [5, 5.41) is 4.58. The molecule has 11 heteroatoms. The summed E-state index contributed by atoms with van der Waals surface area (Å²) in [4.78, 5) is 13.2. The van der Waals surface area contributed by atoms with Gasteiger partial charge in [-0.15, -0.1) is 0 Å². The third kappa shape index (κ3) is 4.00. The van der Waals surface area contributed by atoms with Crippen molar-refractivity contribution in [2.75, 3.05) is 5.01 Å². The van der Waals surface area contributed by atoms with Crippen molar-refractivity contribution in [2.24, 2.45) is 5.10 Å². The van der Waals surface area contributed by atoms with Gasteiger partial charge in [0.15, 0.2) is 23.3 Å². The molecule has 3 aromatic rings. The van der Waals surface area contributed by atoms with E-state index in [9.17, 15) is 35.5 Å². The number of nitrogens with zero attached hydrogens (tertiary/aromatic N) is 3. The highest BCUT2D eigenvalue weighted by Crippen LogP contribution is 2.41. The average Bonchev–Trinajstić information content (AvgIpc) is 3.26. The number of carbonyl (C=O) groups is 1. The van der Waals surface area contributed by atoms with E-state index in [1.807, 2.05) is 45.9 Å². The van der Waals surface area contributed by atoms with Gasteiger partial charge in [-0.1, -0.05) is 25.1 Å². The molecule has 37 heavy (non-hydrogen) atoms. The van der Waals surface area contributed by atoms with Crippen LogP contribution in [0.5, 0.6) is 0 Å². The highest BCUT2D eigenvalue weighted by atomic mass is 19.4. The third-order valence-electron chi connectivity index (χ3n) is 6.64. The van der Waals surface area contributed by atoms with Crippen LogP contribution in [0.15, 0.2) is 28.9 Å². The SMILES string of the molecule is CC[C@@H](C)n1c(C)c(/C=C2/C(=O)N(c3c(F)c(F)c(C(F)(F)F)c(F)c3F)N=C2C)c2cccc(C)c21. The predicted molar refractivity (Wildman–Crippen MR) is 126 cm³/mol. The number of hydrogen-bond donors (Lipinski definition) is 0. The van der Waals surface area contributed by atoms with Crippen LogP contribution in [0.3, 0.4) is 0 Å². The number of benzene rings is 2. The van der Waals surface area contributed by atoms with Crippen molar-refractivity contribution in [3.63, 3.8) is 0 Å². The first kappa shape index (κ1) is 26.4. The number of halogens is 7. The van der Waals surface area contributed by atoms with Gasteiger partial charge in [-0.25, -0.2) is 17.6 Å². The molecule has 0 bridgehead atoms. The van der Waals surface area contributed by atoms with E-state index < -0.39 is 46.6 Å². The number of aryl methyl sites for hydroxylation is 1. The average molecular weight is 525 g/mol. The molecule has 1 atom stereocenters. The van der Waals surface area contributed by atoms with E-state index in [0.717, 1.165) is 28.6 Å². The molecule has 4 rings (SSSR count). The molecule has 0 radical (unpaired) electrons. The minimum absolute atomic E-state index is 0.0407. The molecule has 0 saturated heterocycles. The third-order valence-corrected chi connectivity index (χ3v) is 6.64. The number of rotatable bonds is 4. The number of hydrazone groups is 1. The smallest absolute Gasteiger partial charge is 0.341 e. The number of hydrogen-bond acceptors (Lipinski definition) is 2.